The zero-order valence-electron chi connectivity index (χ0n) is 9.44. The Labute approximate surface area is 104 Å². The maximum atomic E-state index is 9.03. The van der Waals surface area contributed by atoms with E-state index in [0.29, 0.717) is 0 Å². The van der Waals surface area contributed by atoms with E-state index in [2.05, 4.69) is 28.5 Å². The molecule has 0 radical (unpaired) electrons. The van der Waals surface area contributed by atoms with Crippen LogP contribution in [-0.2, 0) is 19.6 Å². The summed E-state index contributed by atoms with van der Waals surface area (Å²) in [5.74, 6) is 0. The SMILES string of the molecule is OCc1nc(-c2ccc3c(c2)CCNC3)cs1. The summed E-state index contributed by atoms with van der Waals surface area (Å²) in [4.78, 5) is 4.40. The summed E-state index contributed by atoms with van der Waals surface area (Å²) in [6.07, 6.45) is 1.08. The predicted molar refractivity (Wildman–Crippen MR) is 68.9 cm³/mol. The van der Waals surface area contributed by atoms with Crippen molar-refractivity contribution >= 4 is 11.3 Å². The molecule has 0 saturated carbocycles. The molecule has 4 heteroatoms. The van der Waals surface area contributed by atoms with Gasteiger partial charge in [0.1, 0.15) is 5.01 Å². The Kier molecular flexibility index (Phi) is 2.93. The molecule has 0 atom stereocenters. The second-order valence-electron chi connectivity index (χ2n) is 4.19. The zero-order valence-corrected chi connectivity index (χ0v) is 10.3. The number of benzene rings is 1. The van der Waals surface area contributed by atoms with Crippen LogP contribution in [-0.4, -0.2) is 16.6 Å². The van der Waals surface area contributed by atoms with Crippen LogP contribution in [0.25, 0.3) is 11.3 Å². The number of aromatic nitrogens is 1. The van der Waals surface area contributed by atoms with Crippen LogP contribution in [0.15, 0.2) is 23.6 Å². The number of fused-ring (bicyclic) bond motifs is 1. The van der Waals surface area contributed by atoms with Crippen LogP contribution in [0.1, 0.15) is 16.1 Å². The molecule has 3 rings (SSSR count). The standard InChI is InChI=1S/C13H14N2OS/c16-7-13-15-12(8-17-13)10-1-2-11-6-14-4-3-9(11)5-10/h1-2,5,8,14,16H,3-4,6-7H2. The quantitative estimate of drug-likeness (QED) is 0.851. The van der Waals surface area contributed by atoms with Gasteiger partial charge in [0.05, 0.1) is 12.3 Å². The van der Waals surface area contributed by atoms with Gasteiger partial charge in [-0.25, -0.2) is 4.98 Å². The average Bonchev–Trinajstić information content (AvgIpc) is 2.87. The molecule has 88 valence electrons. The van der Waals surface area contributed by atoms with Crippen molar-refractivity contribution in [2.45, 2.75) is 19.6 Å². The van der Waals surface area contributed by atoms with E-state index >= 15 is 0 Å². The molecule has 2 aromatic rings. The van der Waals surface area contributed by atoms with Gasteiger partial charge in [-0.15, -0.1) is 11.3 Å². The molecule has 1 aliphatic rings. The van der Waals surface area contributed by atoms with Gasteiger partial charge in [-0.05, 0) is 30.2 Å². The van der Waals surface area contributed by atoms with Gasteiger partial charge in [-0.1, -0.05) is 12.1 Å². The Bertz CT molecular complexity index is 536. The van der Waals surface area contributed by atoms with Gasteiger partial charge in [0.25, 0.3) is 0 Å². The molecule has 1 aliphatic heterocycles. The minimum absolute atomic E-state index is 0.0273. The van der Waals surface area contributed by atoms with E-state index in [4.69, 9.17) is 5.11 Å². The first-order valence-corrected chi connectivity index (χ1v) is 6.63. The smallest absolute Gasteiger partial charge is 0.119 e. The minimum atomic E-state index is 0.0273. The highest BCUT2D eigenvalue weighted by atomic mass is 32.1. The third-order valence-corrected chi connectivity index (χ3v) is 3.91. The van der Waals surface area contributed by atoms with Crippen LogP contribution in [0.2, 0.25) is 0 Å². The van der Waals surface area contributed by atoms with Crippen LogP contribution in [0.3, 0.4) is 0 Å². The van der Waals surface area contributed by atoms with E-state index in [-0.39, 0.29) is 6.61 Å². The third-order valence-electron chi connectivity index (χ3n) is 3.08. The molecular formula is C13H14N2OS. The van der Waals surface area contributed by atoms with E-state index < -0.39 is 0 Å². The maximum absolute atomic E-state index is 9.03. The predicted octanol–water partition coefficient (Wildman–Crippen LogP) is 1.95. The van der Waals surface area contributed by atoms with Crippen molar-refractivity contribution in [1.29, 1.82) is 0 Å². The van der Waals surface area contributed by atoms with E-state index in [1.54, 1.807) is 0 Å². The van der Waals surface area contributed by atoms with Crippen molar-refractivity contribution in [2.75, 3.05) is 6.54 Å². The van der Waals surface area contributed by atoms with E-state index in [0.717, 1.165) is 35.8 Å². The van der Waals surface area contributed by atoms with Gasteiger partial charge in [0.15, 0.2) is 0 Å². The van der Waals surface area contributed by atoms with Crippen LogP contribution in [0.5, 0.6) is 0 Å². The first-order valence-electron chi connectivity index (χ1n) is 5.75. The van der Waals surface area contributed by atoms with Gasteiger partial charge in [-0.2, -0.15) is 0 Å². The molecule has 0 bridgehead atoms. The van der Waals surface area contributed by atoms with Crippen molar-refractivity contribution in [2.24, 2.45) is 0 Å². The first-order chi connectivity index (χ1) is 8.36. The van der Waals surface area contributed by atoms with E-state index in [1.807, 2.05) is 5.38 Å². The van der Waals surface area contributed by atoms with Gasteiger partial charge in [-0.3, -0.25) is 0 Å². The summed E-state index contributed by atoms with van der Waals surface area (Å²) >= 11 is 1.51. The molecule has 1 aromatic heterocycles. The van der Waals surface area contributed by atoms with Crippen LogP contribution < -0.4 is 5.32 Å². The van der Waals surface area contributed by atoms with Crippen LogP contribution in [0.4, 0.5) is 0 Å². The number of aliphatic hydroxyl groups excluding tert-OH is 1. The lowest BCUT2D eigenvalue weighted by atomic mass is 9.98. The second-order valence-corrected chi connectivity index (χ2v) is 5.14. The topological polar surface area (TPSA) is 45.2 Å². The summed E-state index contributed by atoms with van der Waals surface area (Å²) in [6, 6.07) is 6.52. The third kappa shape index (κ3) is 2.11. The van der Waals surface area contributed by atoms with E-state index in [9.17, 15) is 0 Å². The number of thiazole rings is 1. The fourth-order valence-electron chi connectivity index (χ4n) is 2.15. The fraction of sp³-hybridized carbons (Fsp3) is 0.308. The molecular weight excluding hydrogens is 232 g/mol. The summed E-state index contributed by atoms with van der Waals surface area (Å²) in [5, 5.41) is 15.2. The van der Waals surface area contributed by atoms with Crippen molar-refractivity contribution in [3.8, 4) is 11.3 Å². The largest absolute Gasteiger partial charge is 0.389 e. The summed E-state index contributed by atoms with van der Waals surface area (Å²) in [6.45, 7) is 2.05. The highest BCUT2D eigenvalue weighted by Crippen LogP contribution is 2.25. The molecule has 0 spiro atoms. The van der Waals surface area contributed by atoms with Crippen molar-refractivity contribution in [3.05, 3.63) is 39.7 Å². The van der Waals surface area contributed by atoms with Crippen LogP contribution >= 0.6 is 11.3 Å². The number of aliphatic hydroxyl groups is 1. The highest BCUT2D eigenvalue weighted by molar-refractivity contribution is 7.09. The molecule has 1 aromatic carbocycles. The number of hydrogen-bond acceptors (Lipinski definition) is 4. The second kappa shape index (κ2) is 4.56. The lowest BCUT2D eigenvalue weighted by Crippen LogP contribution is -2.23. The Morgan fingerprint density at radius 2 is 2.29 bits per heavy atom. The highest BCUT2D eigenvalue weighted by Gasteiger charge is 2.11. The summed E-state index contributed by atoms with van der Waals surface area (Å²) in [7, 11) is 0. The Balaban J connectivity index is 1.97. The summed E-state index contributed by atoms with van der Waals surface area (Å²) < 4.78 is 0. The summed E-state index contributed by atoms with van der Waals surface area (Å²) in [5.41, 5.74) is 4.93. The Morgan fingerprint density at radius 1 is 1.35 bits per heavy atom. The normalized spacial score (nSPS) is 14.6. The van der Waals surface area contributed by atoms with Gasteiger partial charge >= 0.3 is 0 Å². The maximum Gasteiger partial charge on any atom is 0.119 e. The first kappa shape index (κ1) is 10.9. The molecule has 0 fully saturated rings. The molecule has 2 heterocycles. The number of rotatable bonds is 2. The zero-order chi connectivity index (χ0) is 11.7. The van der Waals surface area contributed by atoms with Gasteiger partial charge < -0.3 is 10.4 Å². The number of nitrogens with one attached hydrogen (secondary N) is 1. The van der Waals surface area contributed by atoms with Crippen molar-refractivity contribution < 1.29 is 5.11 Å². The Hall–Kier alpha value is -1.23. The van der Waals surface area contributed by atoms with Gasteiger partial charge in [0.2, 0.25) is 0 Å². The molecule has 0 saturated heterocycles. The number of nitrogens with zero attached hydrogens (tertiary/aromatic N) is 1. The molecule has 0 amide bonds. The molecule has 17 heavy (non-hydrogen) atoms. The number of hydrogen-bond donors (Lipinski definition) is 2. The molecule has 0 unspecified atom stereocenters. The molecule has 3 nitrogen and oxygen atoms in total. The minimum Gasteiger partial charge on any atom is -0.389 e. The van der Waals surface area contributed by atoms with Crippen LogP contribution in [0, 0.1) is 0 Å². The molecule has 0 aliphatic carbocycles. The van der Waals surface area contributed by atoms with Gasteiger partial charge in [0, 0.05) is 17.5 Å². The van der Waals surface area contributed by atoms with E-state index in [1.165, 1.54) is 22.5 Å². The fourth-order valence-corrected chi connectivity index (χ4v) is 2.81. The van der Waals surface area contributed by atoms with Crippen molar-refractivity contribution in [1.82, 2.24) is 10.3 Å². The monoisotopic (exact) mass is 246 g/mol. The van der Waals surface area contributed by atoms with Crippen molar-refractivity contribution in [3.63, 3.8) is 0 Å². The average molecular weight is 246 g/mol. The Morgan fingerprint density at radius 3 is 3.12 bits per heavy atom. The lowest BCUT2D eigenvalue weighted by molar-refractivity contribution is 0.281. The molecule has 2 N–H and O–H groups in total. The lowest BCUT2D eigenvalue weighted by Gasteiger charge is -2.17.